The van der Waals surface area contributed by atoms with Gasteiger partial charge in [-0.2, -0.15) is 0 Å². The SMILES string of the molecule is COc1ccc2c(C(=O)Cl)cccc2c1. The number of carbonyl (C=O) groups is 1. The summed E-state index contributed by atoms with van der Waals surface area (Å²) >= 11 is 5.49. The fraction of sp³-hybridized carbons (Fsp3) is 0.0833. The van der Waals surface area contributed by atoms with E-state index < -0.39 is 5.24 Å². The van der Waals surface area contributed by atoms with Gasteiger partial charge in [0, 0.05) is 5.56 Å². The Kier molecular flexibility index (Phi) is 2.60. The highest BCUT2D eigenvalue weighted by atomic mass is 35.5. The van der Waals surface area contributed by atoms with Crippen molar-refractivity contribution in [3.8, 4) is 5.75 Å². The molecular formula is C12H9ClO2. The maximum Gasteiger partial charge on any atom is 0.253 e. The first-order valence-electron chi connectivity index (χ1n) is 4.49. The Morgan fingerprint density at radius 2 is 2.07 bits per heavy atom. The smallest absolute Gasteiger partial charge is 0.253 e. The van der Waals surface area contributed by atoms with Gasteiger partial charge in [0.1, 0.15) is 5.75 Å². The molecule has 0 amide bonds. The lowest BCUT2D eigenvalue weighted by Gasteiger charge is -2.04. The molecule has 0 atom stereocenters. The van der Waals surface area contributed by atoms with E-state index in [0.717, 1.165) is 16.5 Å². The van der Waals surface area contributed by atoms with Crippen LogP contribution < -0.4 is 4.74 Å². The van der Waals surface area contributed by atoms with E-state index in [4.69, 9.17) is 16.3 Å². The Labute approximate surface area is 92.4 Å². The van der Waals surface area contributed by atoms with Gasteiger partial charge in [-0.15, -0.1) is 0 Å². The first-order valence-corrected chi connectivity index (χ1v) is 4.87. The maximum atomic E-state index is 11.1. The Morgan fingerprint density at radius 1 is 1.27 bits per heavy atom. The highest BCUT2D eigenvalue weighted by Crippen LogP contribution is 2.24. The lowest BCUT2D eigenvalue weighted by molar-refractivity contribution is 0.108. The third kappa shape index (κ3) is 1.81. The van der Waals surface area contributed by atoms with Crippen LogP contribution in [0.1, 0.15) is 10.4 Å². The van der Waals surface area contributed by atoms with Gasteiger partial charge in [-0.25, -0.2) is 0 Å². The predicted molar refractivity (Wildman–Crippen MR) is 60.7 cm³/mol. The molecule has 0 aliphatic heterocycles. The summed E-state index contributed by atoms with van der Waals surface area (Å²) < 4.78 is 5.10. The topological polar surface area (TPSA) is 26.3 Å². The van der Waals surface area contributed by atoms with Crippen LogP contribution in [0.5, 0.6) is 5.75 Å². The van der Waals surface area contributed by atoms with Crippen LogP contribution in [0.15, 0.2) is 36.4 Å². The number of halogens is 1. The first-order chi connectivity index (χ1) is 7.22. The van der Waals surface area contributed by atoms with Crippen LogP contribution >= 0.6 is 11.6 Å². The molecule has 3 heteroatoms. The van der Waals surface area contributed by atoms with Crippen LogP contribution in [0.4, 0.5) is 0 Å². The summed E-state index contributed by atoms with van der Waals surface area (Å²) in [6.07, 6.45) is 0. The van der Waals surface area contributed by atoms with Crippen molar-refractivity contribution in [2.45, 2.75) is 0 Å². The molecule has 0 heterocycles. The zero-order valence-corrected chi connectivity index (χ0v) is 8.91. The average molecular weight is 221 g/mol. The van der Waals surface area contributed by atoms with Gasteiger partial charge in [0.25, 0.3) is 5.24 Å². The molecule has 2 nitrogen and oxygen atoms in total. The summed E-state index contributed by atoms with van der Waals surface area (Å²) in [5.74, 6) is 0.765. The van der Waals surface area contributed by atoms with Crippen molar-refractivity contribution in [1.82, 2.24) is 0 Å². The molecule has 2 aromatic carbocycles. The van der Waals surface area contributed by atoms with Crippen molar-refractivity contribution in [1.29, 1.82) is 0 Å². The molecule has 0 N–H and O–H groups in total. The van der Waals surface area contributed by atoms with E-state index in [0.29, 0.717) is 5.56 Å². The molecule has 0 fully saturated rings. The summed E-state index contributed by atoms with van der Waals surface area (Å²) in [7, 11) is 1.61. The minimum Gasteiger partial charge on any atom is -0.497 e. The lowest BCUT2D eigenvalue weighted by atomic mass is 10.1. The largest absolute Gasteiger partial charge is 0.497 e. The zero-order chi connectivity index (χ0) is 10.8. The van der Waals surface area contributed by atoms with E-state index >= 15 is 0 Å². The van der Waals surface area contributed by atoms with Crippen molar-refractivity contribution in [2.75, 3.05) is 7.11 Å². The predicted octanol–water partition coefficient (Wildman–Crippen LogP) is 3.23. The second kappa shape index (κ2) is 3.91. The third-order valence-corrected chi connectivity index (χ3v) is 2.50. The number of benzene rings is 2. The van der Waals surface area contributed by atoms with Crippen molar-refractivity contribution < 1.29 is 9.53 Å². The summed E-state index contributed by atoms with van der Waals surface area (Å²) in [5, 5.41) is 1.35. The highest BCUT2D eigenvalue weighted by molar-refractivity contribution is 6.68. The second-order valence-electron chi connectivity index (χ2n) is 3.17. The van der Waals surface area contributed by atoms with Crippen molar-refractivity contribution in [3.05, 3.63) is 42.0 Å². The Hall–Kier alpha value is -1.54. The first kappa shape index (κ1) is 9.99. The van der Waals surface area contributed by atoms with E-state index in [1.165, 1.54) is 0 Å². The number of fused-ring (bicyclic) bond motifs is 1. The van der Waals surface area contributed by atoms with E-state index in [2.05, 4.69) is 0 Å². The molecular weight excluding hydrogens is 212 g/mol. The zero-order valence-electron chi connectivity index (χ0n) is 8.16. The van der Waals surface area contributed by atoms with Gasteiger partial charge in [0.05, 0.1) is 7.11 Å². The van der Waals surface area contributed by atoms with Crippen LogP contribution in [-0.4, -0.2) is 12.4 Å². The van der Waals surface area contributed by atoms with Gasteiger partial charge in [-0.3, -0.25) is 4.79 Å². The van der Waals surface area contributed by atoms with E-state index in [9.17, 15) is 4.79 Å². The number of hydrogen-bond donors (Lipinski definition) is 0. The van der Waals surface area contributed by atoms with E-state index in [1.54, 1.807) is 19.2 Å². The Bertz CT molecular complexity index is 520. The molecule has 0 spiro atoms. The standard InChI is InChI=1S/C12H9ClO2/c1-15-9-5-6-10-8(7-9)3-2-4-11(10)12(13)14/h2-7H,1H3. The molecule has 0 saturated carbocycles. The highest BCUT2D eigenvalue weighted by Gasteiger charge is 2.07. The number of rotatable bonds is 2. The number of carbonyl (C=O) groups excluding carboxylic acids is 1. The number of ether oxygens (including phenoxy) is 1. The van der Waals surface area contributed by atoms with Crippen molar-refractivity contribution in [2.24, 2.45) is 0 Å². The quantitative estimate of drug-likeness (QED) is 0.727. The van der Waals surface area contributed by atoms with Crippen molar-refractivity contribution in [3.63, 3.8) is 0 Å². The fourth-order valence-corrected chi connectivity index (χ4v) is 1.72. The molecule has 0 aromatic heterocycles. The third-order valence-electron chi connectivity index (χ3n) is 2.30. The van der Waals surface area contributed by atoms with Crippen molar-refractivity contribution >= 4 is 27.6 Å². The Balaban J connectivity index is 2.72. The van der Waals surface area contributed by atoms with Crippen LogP contribution in [0.3, 0.4) is 0 Å². The number of hydrogen-bond acceptors (Lipinski definition) is 2. The minimum atomic E-state index is -0.439. The molecule has 0 radical (unpaired) electrons. The molecule has 0 unspecified atom stereocenters. The molecule has 0 saturated heterocycles. The maximum absolute atomic E-state index is 11.1. The summed E-state index contributed by atoms with van der Waals surface area (Å²) in [4.78, 5) is 11.1. The molecule has 2 rings (SSSR count). The van der Waals surface area contributed by atoms with Gasteiger partial charge in [0.2, 0.25) is 0 Å². The van der Waals surface area contributed by atoms with Crippen LogP contribution in [0.2, 0.25) is 0 Å². The molecule has 0 bridgehead atoms. The number of methoxy groups -OCH3 is 1. The van der Waals surface area contributed by atoms with Gasteiger partial charge in [-0.1, -0.05) is 12.1 Å². The normalized spacial score (nSPS) is 10.3. The minimum absolute atomic E-state index is 0.439. The summed E-state index contributed by atoms with van der Waals surface area (Å²) in [6.45, 7) is 0. The molecule has 0 aliphatic carbocycles. The summed E-state index contributed by atoms with van der Waals surface area (Å²) in [5.41, 5.74) is 0.525. The fourth-order valence-electron chi connectivity index (χ4n) is 1.56. The Morgan fingerprint density at radius 3 is 2.73 bits per heavy atom. The average Bonchev–Trinajstić information content (AvgIpc) is 2.27. The monoisotopic (exact) mass is 220 g/mol. The van der Waals surface area contributed by atoms with Gasteiger partial charge < -0.3 is 4.74 Å². The van der Waals surface area contributed by atoms with Crippen LogP contribution in [0, 0.1) is 0 Å². The van der Waals surface area contributed by atoms with E-state index in [1.807, 2.05) is 24.3 Å². The van der Waals surface area contributed by atoms with Gasteiger partial charge in [0.15, 0.2) is 0 Å². The summed E-state index contributed by atoms with van der Waals surface area (Å²) in [6, 6.07) is 11.0. The van der Waals surface area contributed by atoms with Crippen LogP contribution in [-0.2, 0) is 0 Å². The lowest BCUT2D eigenvalue weighted by Crippen LogP contribution is -1.91. The second-order valence-corrected chi connectivity index (χ2v) is 3.51. The molecule has 0 aliphatic rings. The van der Waals surface area contributed by atoms with Gasteiger partial charge >= 0.3 is 0 Å². The van der Waals surface area contributed by atoms with Crippen LogP contribution in [0.25, 0.3) is 10.8 Å². The molecule has 76 valence electrons. The molecule has 15 heavy (non-hydrogen) atoms. The van der Waals surface area contributed by atoms with Gasteiger partial charge in [-0.05, 0) is 46.6 Å². The van der Waals surface area contributed by atoms with E-state index in [-0.39, 0.29) is 0 Å². The molecule has 2 aromatic rings.